The Kier molecular flexibility index (Phi) is 7.51. The van der Waals surface area contributed by atoms with Gasteiger partial charge in [-0.1, -0.05) is 30.1 Å². The number of thiocarbonyl (C=S) groups is 1. The molecule has 0 rings (SSSR count). The van der Waals surface area contributed by atoms with E-state index in [0.717, 1.165) is 10.1 Å². The zero-order valence-electron chi connectivity index (χ0n) is 8.50. The van der Waals surface area contributed by atoms with Gasteiger partial charge in [0, 0.05) is 25.3 Å². The second-order valence-corrected chi connectivity index (χ2v) is 4.57. The summed E-state index contributed by atoms with van der Waals surface area (Å²) >= 11 is 6.57. The predicted molar refractivity (Wildman–Crippen MR) is 66.5 cm³/mol. The number of hydrogen-bond donors (Lipinski definition) is 2. The molecule has 5 heteroatoms. The van der Waals surface area contributed by atoms with Crippen LogP contribution in [-0.2, 0) is 4.79 Å². The molecule has 80 valence electrons. The van der Waals surface area contributed by atoms with Crippen LogP contribution < -0.4 is 10.6 Å². The predicted octanol–water partition coefficient (Wildman–Crippen LogP) is 1.30. The first kappa shape index (κ1) is 13.4. The van der Waals surface area contributed by atoms with Gasteiger partial charge in [0.05, 0.1) is 0 Å². The van der Waals surface area contributed by atoms with Crippen LogP contribution in [0.2, 0.25) is 0 Å². The van der Waals surface area contributed by atoms with Crippen LogP contribution in [0.5, 0.6) is 0 Å². The fourth-order valence-corrected chi connectivity index (χ4v) is 1.75. The van der Waals surface area contributed by atoms with Crippen molar-refractivity contribution in [2.24, 2.45) is 0 Å². The minimum absolute atomic E-state index is 0.0110. The molecule has 14 heavy (non-hydrogen) atoms. The van der Waals surface area contributed by atoms with Crippen molar-refractivity contribution in [1.82, 2.24) is 10.6 Å². The van der Waals surface area contributed by atoms with Gasteiger partial charge in [-0.3, -0.25) is 4.79 Å². The fourth-order valence-electron chi connectivity index (χ4n) is 0.796. The van der Waals surface area contributed by atoms with Crippen LogP contribution in [0.1, 0.15) is 13.8 Å². The monoisotopic (exact) mass is 232 g/mol. The summed E-state index contributed by atoms with van der Waals surface area (Å²) in [4.78, 5) is 10.7. The van der Waals surface area contributed by atoms with Crippen molar-refractivity contribution in [3.05, 3.63) is 12.7 Å². The van der Waals surface area contributed by atoms with Gasteiger partial charge in [0.25, 0.3) is 0 Å². The third-order valence-electron chi connectivity index (χ3n) is 1.30. The summed E-state index contributed by atoms with van der Waals surface area (Å²) in [6.45, 7) is 7.72. The summed E-state index contributed by atoms with van der Waals surface area (Å²) in [5, 5.41) is 5.79. The van der Waals surface area contributed by atoms with E-state index in [2.05, 4.69) is 17.2 Å². The summed E-state index contributed by atoms with van der Waals surface area (Å²) in [5.74, 6) is 0.769. The fraction of sp³-hybridized carbons (Fsp3) is 0.556. The summed E-state index contributed by atoms with van der Waals surface area (Å²) in [5.41, 5.74) is 0. The van der Waals surface area contributed by atoms with Gasteiger partial charge in [0.15, 0.2) is 0 Å². The Morgan fingerprint density at radius 2 is 2.36 bits per heavy atom. The molecule has 0 aliphatic heterocycles. The Hall–Kier alpha value is -0.550. The molecule has 3 nitrogen and oxygen atoms in total. The molecule has 0 aliphatic carbocycles. The van der Waals surface area contributed by atoms with E-state index in [-0.39, 0.29) is 11.9 Å². The van der Waals surface area contributed by atoms with Crippen molar-refractivity contribution in [2.45, 2.75) is 19.9 Å². The van der Waals surface area contributed by atoms with E-state index in [4.69, 9.17) is 12.2 Å². The van der Waals surface area contributed by atoms with Crippen molar-refractivity contribution >= 4 is 34.2 Å². The van der Waals surface area contributed by atoms with E-state index >= 15 is 0 Å². The first-order valence-electron chi connectivity index (χ1n) is 4.35. The second-order valence-electron chi connectivity index (χ2n) is 2.87. The quantitative estimate of drug-likeness (QED) is 0.554. The molecule has 0 heterocycles. The van der Waals surface area contributed by atoms with E-state index in [1.165, 1.54) is 18.7 Å². The molecule has 1 amide bonds. The van der Waals surface area contributed by atoms with Gasteiger partial charge in [-0.15, -0.1) is 6.58 Å². The van der Waals surface area contributed by atoms with Crippen LogP contribution in [0.15, 0.2) is 12.7 Å². The maximum Gasteiger partial charge on any atom is 0.217 e. The zero-order valence-corrected chi connectivity index (χ0v) is 10.1. The molecule has 0 saturated carbocycles. The van der Waals surface area contributed by atoms with Gasteiger partial charge in [-0.05, 0) is 6.92 Å². The largest absolute Gasteiger partial charge is 0.368 e. The van der Waals surface area contributed by atoms with E-state index in [1.807, 2.05) is 6.92 Å². The number of hydrogen-bond acceptors (Lipinski definition) is 3. The summed E-state index contributed by atoms with van der Waals surface area (Å²) in [6, 6.07) is 0.140. The highest BCUT2D eigenvalue weighted by Gasteiger charge is 2.04. The lowest BCUT2D eigenvalue weighted by Crippen LogP contribution is -2.33. The van der Waals surface area contributed by atoms with Gasteiger partial charge >= 0.3 is 0 Å². The lowest BCUT2D eigenvalue weighted by molar-refractivity contribution is -0.119. The zero-order chi connectivity index (χ0) is 11.0. The summed E-state index contributed by atoms with van der Waals surface area (Å²) < 4.78 is 0.738. The van der Waals surface area contributed by atoms with Crippen LogP contribution in [-0.4, -0.2) is 28.6 Å². The van der Waals surface area contributed by atoms with Crippen LogP contribution in [0.3, 0.4) is 0 Å². The molecule has 0 aliphatic rings. The number of carbonyl (C=O) groups is 1. The maximum absolute atomic E-state index is 10.7. The molecule has 1 unspecified atom stereocenters. The molecular formula is C9H16N2OS2. The molecular weight excluding hydrogens is 216 g/mol. The molecule has 2 N–H and O–H groups in total. The van der Waals surface area contributed by atoms with Crippen molar-refractivity contribution < 1.29 is 4.79 Å². The minimum Gasteiger partial charge on any atom is -0.368 e. The van der Waals surface area contributed by atoms with Crippen LogP contribution in [0, 0.1) is 0 Å². The molecule has 0 radical (unpaired) electrons. The number of nitrogens with one attached hydrogen (secondary N) is 2. The molecule has 0 saturated heterocycles. The van der Waals surface area contributed by atoms with Crippen molar-refractivity contribution in [2.75, 3.05) is 12.3 Å². The molecule has 0 aromatic carbocycles. The van der Waals surface area contributed by atoms with Gasteiger partial charge < -0.3 is 10.6 Å². The maximum atomic E-state index is 10.7. The standard InChI is InChI=1S/C9H16N2OS2/c1-4-5-10-9(13)14-6-7(2)11-8(3)12/h4,7H,1,5-6H2,2-3H3,(H,10,13)(H,11,12). The highest BCUT2D eigenvalue weighted by atomic mass is 32.2. The Balaban J connectivity index is 3.55. The SMILES string of the molecule is C=CCNC(=S)SCC(C)NC(C)=O. The molecule has 0 aromatic heterocycles. The second kappa shape index (κ2) is 7.82. The Labute approximate surface area is 94.7 Å². The first-order valence-corrected chi connectivity index (χ1v) is 5.74. The Morgan fingerprint density at radius 3 is 2.86 bits per heavy atom. The van der Waals surface area contributed by atoms with E-state index in [9.17, 15) is 4.79 Å². The topological polar surface area (TPSA) is 41.1 Å². The van der Waals surface area contributed by atoms with Crippen molar-refractivity contribution in [1.29, 1.82) is 0 Å². The van der Waals surface area contributed by atoms with Gasteiger partial charge in [-0.25, -0.2) is 0 Å². The summed E-state index contributed by atoms with van der Waals surface area (Å²) in [6.07, 6.45) is 1.75. The Morgan fingerprint density at radius 1 is 1.71 bits per heavy atom. The third kappa shape index (κ3) is 8.07. The Bertz CT molecular complexity index is 219. The number of carbonyl (C=O) groups excluding carboxylic acids is 1. The van der Waals surface area contributed by atoms with Gasteiger partial charge in [0.2, 0.25) is 5.91 Å². The van der Waals surface area contributed by atoms with E-state index in [1.54, 1.807) is 6.08 Å². The normalized spacial score (nSPS) is 11.6. The lowest BCUT2D eigenvalue weighted by atomic mass is 10.4. The molecule has 0 bridgehead atoms. The summed E-state index contributed by atoms with van der Waals surface area (Å²) in [7, 11) is 0. The first-order chi connectivity index (χ1) is 6.56. The van der Waals surface area contributed by atoms with Crippen molar-refractivity contribution in [3.8, 4) is 0 Å². The molecule has 0 spiro atoms. The number of thioether (sulfide) groups is 1. The highest BCUT2D eigenvalue weighted by molar-refractivity contribution is 8.23. The number of rotatable bonds is 5. The molecule has 0 aromatic rings. The third-order valence-corrected chi connectivity index (χ3v) is 2.88. The van der Waals surface area contributed by atoms with E-state index < -0.39 is 0 Å². The average molecular weight is 232 g/mol. The minimum atomic E-state index is -0.0110. The molecule has 1 atom stereocenters. The van der Waals surface area contributed by atoms with Gasteiger partial charge in [0.1, 0.15) is 4.32 Å². The number of amides is 1. The lowest BCUT2D eigenvalue weighted by Gasteiger charge is -2.12. The average Bonchev–Trinajstić information content (AvgIpc) is 2.10. The smallest absolute Gasteiger partial charge is 0.217 e. The van der Waals surface area contributed by atoms with Crippen LogP contribution >= 0.6 is 24.0 Å². The van der Waals surface area contributed by atoms with Crippen LogP contribution in [0.4, 0.5) is 0 Å². The van der Waals surface area contributed by atoms with Gasteiger partial charge in [-0.2, -0.15) is 0 Å². The molecule has 0 fully saturated rings. The van der Waals surface area contributed by atoms with E-state index in [0.29, 0.717) is 6.54 Å². The van der Waals surface area contributed by atoms with Crippen molar-refractivity contribution in [3.63, 3.8) is 0 Å². The highest BCUT2D eigenvalue weighted by Crippen LogP contribution is 2.04. The van der Waals surface area contributed by atoms with Crippen LogP contribution in [0.25, 0.3) is 0 Å².